The summed E-state index contributed by atoms with van der Waals surface area (Å²) in [6.45, 7) is 15.1. The molecule has 33 heavy (non-hydrogen) atoms. The average Bonchev–Trinajstić information content (AvgIpc) is 2.99. The Morgan fingerprint density at radius 2 is 2.00 bits per heavy atom. The summed E-state index contributed by atoms with van der Waals surface area (Å²) in [5.41, 5.74) is 0.588. The van der Waals surface area contributed by atoms with Crippen LogP contribution >= 0.6 is 15.9 Å². The number of benzene rings is 1. The van der Waals surface area contributed by atoms with E-state index in [0.29, 0.717) is 43.1 Å². The van der Waals surface area contributed by atoms with E-state index in [-0.39, 0.29) is 18.7 Å². The van der Waals surface area contributed by atoms with Crippen molar-refractivity contribution >= 4 is 41.0 Å². The van der Waals surface area contributed by atoms with Gasteiger partial charge in [-0.3, -0.25) is 0 Å². The van der Waals surface area contributed by atoms with Crippen LogP contribution in [0, 0.1) is 17.2 Å². The number of nitriles is 1. The maximum Gasteiger partial charge on any atom is 0.410 e. The molecule has 1 amide bonds. The number of amides is 1. The van der Waals surface area contributed by atoms with Gasteiger partial charge >= 0.3 is 6.09 Å². The zero-order valence-electron chi connectivity index (χ0n) is 20.3. The second-order valence-corrected chi connectivity index (χ2v) is 17.2. The molecule has 8 nitrogen and oxygen atoms in total. The lowest BCUT2D eigenvalue weighted by Gasteiger charge is -2.39. The van der Waals surface area contributed by atoms with Gasteiger partial charge < -0.3 is 19.1 Å². The van der Waals surface area contributed by atoms with Gasteiger partial charge in [-0.2, -0.15) is 10.4 Å². The van der Waals surface area contributed by atoms with E-state index in [9.17, 15) is 10.1 Å². The molecule has 1 aliphatic heterocycles. The number of carbonyl (C=O) groups is 1. The third-order valence-electron chi connectivity index (χ3n) is 5.18. The van der Waals surface area contributed by atoms with Gasteiger partial charge in [0.05, 0.1) is 17.5 Å². The van der Waals surface area contributed by atoms with Crippen LogP contribution in [0.15, 0.2) is 16.6 Å². The minimum absolute atomic E-state index is 0.206. The quantitative estimate of drug-likeness (QED) is 0.339. The molecule has 0 aliphatic carbocycles. The standard InChI is InChI=1S/C23H33BrN4O4Si/c1-23(2,3)32-22(29)27-12-16(13-27)14-31-20-10-17(24)9-19-21(20)18(11-25)26-28(19)15-30-7-8-33(4,5)6/h9-10,16H,7-8,12-15H2,1-6H3. The van der Waals surface area contributed by atoms with Gasteiger partial charge in [0.1, 0.15) is 24.2 Å². The largest absolute Gasteiger partial charge is 0.492 e. The van der Waals surface area contributed by atoms with Crippen LogP contribution in [0.2, 0.25) is 25.7 Å². The van der Waals surface area contributed by atoms with Gasteiger partial charge in [0.25, 0.3) is 0 Å². The first-order valence-corrected chi connectivity index (χ1v) is 15.6. The van der Waals surface area contributed by atoms with Gasteiger partial charge in [0.2, 0.25) is 0 Å². The fourth-order valence-corrected chi connectivity index (χ4v) is 4.59. The summed E-state index contributed by atoms with van der Waals surface area (Å²) in [5, 5.41) is 14.8. The lowest BCUT2D eigenvalue weighted by atomic mass is 10.0. The van der Waals surface area contributed by atoms with E-state index >= 15 is 0 Å². The van der Waals surface area contributed by atoms with Crippen molar-refractivity contribution in [2.45, 2.75) is 58.8 Å². The average molecular weight is 538 g/mol. The molecule has 2 heterocycles. The summed E-state index contributed by atoms with van der Waals surface area (Å²) in [6.07, 6.45) is -0.300. The predicted octanol–water partition coefficient (Wildman–Crippen LogP) is 5.23. The summed E-state index contributed by atoms with van der Waals surface area (Å²) < 4.78 is 19.9. The summed E-state index contributed by atoms with van der Waals surface area (Å²) in [6, 6.07) is 7.02. The van der Waals surface area contributed by atoms with Gasteiger partial charge in [0, 0.05) is 38.2 Å². The molecule has 1 aromatic carbocycles. The lowest BCUT2D eigenvalue weighted by Crippen LogP contribution is -2.53. The minimum atomic E-state index is -1.18. The third kappa shape index (κ3) is 6.95. The topological polar surface area (TPSA) is 89.6 Å². The third-order valence-corrected chi connectivity index (χ3v) is 7.34. The maximum absolute atomic E-state index is 12.1. The van der Waals surface area contributed by atoms with Gasteiger partial charge in [-0.1, -0.05) is 35.6 Å². The van der Waals surface area contributed by atoms with Gasteiger partial charge in [-0.15, -0.1) is 0 Å². The lowest BCUT2D eigenvalue weighted by molar-refractivity contribution is -0.00773. The molecule has 1 aromatic heterocycles. The first-order valence-electron chi connectivity index (χ1n) is 11.1. The smallest absolute Gasteiger partial charge is 0.410 e. The first kappa shape index (κ1) is 25.5. The van der Waals surface area contributed by atoms with E-state index in [2.05, 4.69) is 46.7 Å². The fraction of sp³-hybridized carbons (Fsp3) is 0.609. The normalized spacial score (nSPS) is 14.8. The number of rotatable bonds is 8. The SMILES string of the molecule is CC(C)(C)OC(=O)N1CC(COc2cc(Br)cc3c2c(C#N)nn3COCC[Si](C)(C)C)C1. The molecular formula is C23H33BrN4O4Si. The van der Waals surface area contributed by atoms with Crippen molar-refractivity contribution in [3.63, 3.8) is 0 Å². The Balaban J connectivity index is 1.66. The molecule has 0 radical (unpaired) electrons. The molecule has 0 N–H and O–H groups in total. The second kappa shape index (κ2) is 10.0. The van der Waals surface area contributed by atoms with Crippen LogP contribution < -0.4 is 4.74 Å². The Morgan fingerprint density at radius 1 is 1.30 bits per heavy atom. The molecule has 0 bridgehead atoms. The van der Waals surface area contributed by atoms with Gasteiger partial charge in [-0.05, 0) is 38.9 Å². The van der Waals surface area contributed by atoms with Crippen molar-refractivity contribution in [1.82, 2.24) is 14.7 Å². The number of likely N-dealkylation sites (tertiary alicyclic amines) is 1. The van der Waals surface area contributed by atoms with E-state index < -0.39 is 13.7 Å². The number of hydrogen-bond donors (Lipinski definition) is 0. The molecule has 0 unspecified atom stereocenters. The van der Waals surface area contributed by atoms with Crippen molar-refractivity contribution in [2.75, 3.05) is 26.3 Å². The van der Waals surface area contributed by atoms with Crippen LogP contribution in [0.1, 0.15) is 26.5 Å². The Hall–Kier alpha value is -2.09. The fourth-order valence-electron chi connectivity index (χ4n) is 3.41. The number of hydrogen-bond acceptors (Lipinski definition) is 6. The van der Waals surface area contributed by atoms with Crippen molar-refractivity contribution < 1.29 is 19.0 Å². The molecule has 1 aliphatic rings. The highest BCUT2D eigenvalue weighted by Crippen LogP contribution is 2.33. The molecule has 1 fully saturated rings. The first-order chi connectivity index (χ1) is 15.4. The molecule has 10 heteroatoms. The van der Waals surface area contributed by atoms with E-state index in [1.165, 1.54) is 0 Å². The van der Waals surface area contributed by atoms with Crippen molar-refractivity contribution in [3.8, 4) is 11.8 Å². The number of aromatic nitrogens is 2. The summed E-state index contributed by atoms with van der Waals surface area (Å²) >= 11 is 3.54. The van der Waals surface area contributed by atoms with Crippen LogP contribution in [-0.2, 0) is 16.2 Å². The van der Waals surface area contributed by atoms with Gasteiger partial charge in [-0.25, -0.2) is 9.48 Å². The van der Waals surface area contributed by atoms with E-state index in [1.54, 1.807) is 9.58 Å². The highest BCUT2D eigenvalue weighted by atomic mass is 79.9. The molecule has 2 aromatic rings. The van der Waals surface area contributed by atoms with Crippen molar-refractivity contribution in [2.24, 2.45) is 5.92 Å². The number of fused-ring (bicyclic) bond motifs is 1. The zero-order valence-corrected chi connectivity index (χ0v) is 22.9. The van der Waals surface area contributed by atoms with Crippen LogP contribution in [0.4, 0.5) is 4.79 Å². The van der Waals surface area contributed by atoms with Crippen LogP contribution in [0.25, 0.3) is 10.9 Å². The molecule has 0 saturated carbocycles. The van der Waals surface area contributed by atoms with Crippen LogP contribution in [0.3, 0.4) is 0 Å². The molecule has 180 valence electrons. The summed E-state index contributed by atoms with van der Waals surface area (Å²) in [7, 11) is -1.18. The minimum Gasteiger partial charge on any atom is -0.492 e. The molecule has 0 spiro atoms. The van der Waals surface area contributed by atoms with Gasteiger partial charge in [0.15, 0.2) is 5.69 Å². The Morgan fingerprint density at radius 3 is 2.61 bits per heavy atom. The monoisotopic (exact) mass is 536 g/mol. The summed E-state index contributed by atoms with van der Waals surface area (Å²) in [4.78, 5) is 13.8. The van der Waals surface area contributed by atoms with E-state index in [0.717, 1.165) is 16.0 Å². The molecule has 1 saturated heterocycles. The predicted molar refractivity (Wildman–Crippen MR) is 133 cm³/mol. The number of ether oxygens (including phenoxy) is 3. The Bertz CT molecular complexity index is 1050. The van der Waals surface area contributed by atoms with E-state index in [4.69, 9.17) is 14.2 Å². The Kier molecular flexibility index (Phi) is 7.76. The highest BCUT2D eigenvalue weighted by molar-refractivity contribution is 9.10. The highest BCUT2D eigenvalue weighted by Gasteiger charge is 2.34. The summed E-state index contributed by atoms with van der Waals surface area (Å²) in [5.74, 6) is 0.803. The van der Waals surface area contributed by atoms with Crippen molar-refractivity contribution in [1.29, 1.82) is 5.26 Å². The zero-order chi connectivity index (χ0) is 24.4. The number of halogens is 1. The Labute approximate surface area is 204 Å². The van der Waals surface area contributed by atoms with E-state index in [1.807, 2.05) is 32.9 Å². The second-order valence-electron chi connectivity index (χ2n) is 10.7. The van der Waals surface area contributed by atoms with Crippen molar-refractivity contribution in [3.05, 3.63) is 22.3 Å². The van der Waals surface area contributed by atoms with Crippen LogP contribution in [-0.4, -0.2) is 60.8 Å². The molecule has 3 rings (SSSR count). The van der Waals surface area contributed by atoms with Crippen LogP contribution in [0.5, 0.6) is 5.75 Å². The maximum atomic E-state index is 12.1. The number of nitrogens with zero attached hydrogens (tertiary/aromatic N) is 4. The molecular weight excluding hydrogens is 504 g/mol. The molecule has 0 atom stereocenters. The number of carbonyl (C=O) groups excluding carboxylic acids is 1.